The zero-order valence-electron chi connectivity index (χ0n) is 12.0. The molecule has 5 rings (SSSR count). The summed E-state index contributed by atoms with van der Waals surface area (Å²) in [5.74, 6) is 4.24. The molecule has 1 aliphatic heterocycles. The fourth-order valence-corrected chi connectivity index (χ4v) is 5.54. The van der Waals surface area contributed by atoms with Gasteiger partial charge < -0.3 is 5.32 Å². The number of amidine groups is 1. The summed E-state index contributed by atoms with van der Waals surface area (Å²) >= 11 is 0. The number of nitrogens with zero attached hydrogens (tertiary/aromatic N) is 1. The van der Waals surface area contributed by atoms with E-state index in [0.29, 0.717) is 5.92 Å². The van der Waals surface area contributed by atoms with Gasteiger partial charge in [0.1, 0.15) is 11.9 Å². The van der Waals surface area contributed by atoms with Crippen LogP contribution >= 0.6 is 0 Å². The van der Waals surface area contributed by atoms with Gasteiger partial charge in [0.15, 0.2) is 0 Å². The molecule has 0 saturated heterocycles. The van der Waals surface area contributed by atoms with Crippen LogP contribution in [0.25, 0.3) is 0 Å². The smallest absolute Gasteiger partial charge is 0.250 e. The lowest BCUT2D eigenvalue weighted by Crippen LogP contribution is -2.53. The number of carbonyl (C=O) groups is 1. The monoisotopic (exact) mass is 260 g/mol. The normalized spacial score (nSPS) is 47.7. The van der Waals surface area contributed by atoms with Gasteiger partial charge in [0.05, 0.1) is 0 Å². The Kier molecular flexibility index (Phi) is 2.40. The van der Waals surface area contributed by atoms with Gasteiger partial charge in [-0.15, -0.1) is 0 Å². The second-order valence-corrected chi connectivity index (χ2v) is 7.85. The van der Waals surface area contributed by atoms with E-state index in [4.69, 9.17) is 4.99 Å². The van der Waals surface area contributed by atoms with Gasteiger partial charge in [0.25, 0.3) is 0 Å². The number of aliphatic imine (C=N–C) groups is 1. The number of carbonyl (C=O) groups excluding carboxylic acids is 1. The Morgan fingerprint density at radius 3 is 2.05 bits per heavy atom. The molecule has 4 aliphatic carbocycles. The summed E-state index contributed by atoms with van der Waals surface area (Å²) in [4.78, 5) is 16.9. The fraction of sp³-hybridized carbons (Fsp3) is 0.875. The lowest BCUT2D eigenvalue weighted by atomic mass is 9.49. The number of hydrogen-bond donors (Lipinski definition) is 1. The standard InChI is InChI=1S/C16H24N2O/c1-9(2)13-14(19)18-15(17-13)16-6-10-3-11(7-16)5-12(4-10)8-16/h9-13H,3-8H2,1-2H3,(H,17,18,19). The molecule has 4 fully saturated rings. The van der Waals surface area contributed by atoms with E-state index in [9.17, 15) is 4.79 Å². The van der Waals surface area contributed by atoms with Crippen molar-refractivity contribution in [1.29, 1.82) is 0 Å². The highest BCUT2D eigenvalue weighted by atomic mass is 16.2. The van der Waals surface area contributed by atoms with Gasteiger partial charge in [0.2, 0.25) is 5.91 Å². The molecule has 1 amide bonds. The topological polar surface area (TPSA) is 41.5 Å². The first kappa shape index (κ1) is 11.9. The highest BCUT2D eigenvalue weighted by Crippen LogP contribution is 2.60. The minimum absolute atomic E-state index is 0.136. The van der Waals surface area contributed by atoms with Crippen LogP contribution in [0.3, 0.4) is 0 Å². The van der Waals surface area contributed by atoms with E-state index in [1.54, 1.807) is 0 Å². The molecular formula is C16H24N2O. The predicted octanol–water partition coefficient (Wildman–Crippen LogP) is 2.76. The van der Waals surface area contributed by atoms with Gasteiger partial charge in [-0.1, -0.05) is 13.8 Å². The van der Waals surface area contributed by atoms with Gasteiger partial charge in [-0.3, -0.25) is 9.79 Å². The Labute approximate surface area is 115 Å². The SMILES string of the molecule is CC(C)C1N=C(C23CC4CC(CC(C4)C2)C3)NC1=O. The Balaban J connectivity index is 1.66. The van der Waals surface area contributed by atoms with Crippen LogP contribution in [-0.2, 0) is 4.79 Å². The Morgan fingerprint density at radius 1 is 1.11 bits per heavy atom. The van der Waals surface area contributed by atoms with Gasteiger partial charge >= 0.3 is 0 Å². The van der Waals surface area contributed by atoms with Crippen LogP contribution in [0, 0.1) is 29.1 Å². The summed E-state index contributed by atoms with van der Waals surface area (Å²) in [6, 6.07) is -0.136. The van der Waals surface area contributed by atoms with Gasteiger partial charge in [-0.25, -0.2) is 0 Å². The zero-order valence-corrected chi connectivity index (χ0v) is 12.0. The molecule has 1 heterocycles. The molecule has 0 radical (unpaired) electrons. The van der Waals surface area contributed by atoms with Crippen LogP contribution in [0.1, 0.15) is 52.4 Å². The van der Waals surface area contributed by atoms with Crippen LogP contribution in [0.5, 0.6) is 0 Å². The van der Waals surface area contributed by atoms with Crippen LogP contribution < -0.4 is 5.32 Å². The van der Waals surface area contributed by atoms with Crippen molar-refractivity contribution in [2.75, 3.05) is 0 Å². The lowest BCUT2D eigenvalue weighted by Gasteiger charge is -2.56. The first-order chi connectivity index (χ1) is 9.06. The third-order valence-corrected chi connectivity index (χ3v) is 5.95. The largest absolute Gasteiger partial charge is 0.312 e. The first-order valence-corrected chi connectivity index (χ1v) is 7.95. The Bertz CT molecular complexity index is 416. The number of rotatable bonds is 2. The van der Waals surface area contributed by atoms with Crippen LogP contribution in [0.4, 0.5) is 0 Å². The van der Waals surface area contributed by atoms with E-state index >= 15 is 0 Å². The van der Waals surface area contributed by atoms with Crippen molar-refractivity contribution in [2.45, 2.75) is 58.4 Å². The van der Waals surface area contributed by atoms with Crippen LogP contribution in [0.15, 0.2) is 4.99 Å². The molecule has 1 N–H and O–H groups in total. The van der Waals surface area contributed by atoms with E-state index in [-0.39, 0.29) is 17.4 Å². The molecule has 1 unspecified atom stereocenters. The van der Waals surface area contributed by atoms with Crippen molar-refractivity contribution >= 4 is 11.7 Å². The van der Waals surface area contributed by atoms with Crippen LogP contribution in [0.2, 0.25) is 0 Å². The maximum Gasteiger partial charge on any atom is 0.250 e. The molecule has 0 aromatic heterocycles. The molecule has 0 aromatic carbocycles. The van der Waals surface area contributed by atoms with Crippen molar-refractivity contribution < 1.29 is 4.79 Å². The predicted molar refractivity (Wildman–Crippen MR) is 74.8 cm³/mol. The zero-order chi connectivity index (χ0) is 13.2. The minimum atomic E-state index is -0.136. The van der Waals surface area contributed by atoms with E-state index in [1.165, 1.54) is 38.5 Å². The van der Waals surface area contributed by atoms with Crippen molar-refractivity contribution in [2.24, 2.45) is 34.1 Å². The third-order valence-electron chi connectivity index (χ3n) is 5.95. The molecule has 3 nitrogen and oxygen atoms in total. The van der Waals surface area contributed by atoms with E-state index in [1.807, 2.05) is 0 Å². The number of hydrogen-bond acceptors (Lipinski definition) is 2. The number of nitrogens with one attached hydrogen (secondary N) is 1. The molecule has 5 aliphatic rings. The second kappa shape index (κ2) is 3.83. The summed E-state index contributed by atoms with van der Waals surface area (Å²) in [7, 11) is 0. The number of amides is 1. The first-order valence-electron chi connectivity index (χ1n) is 7.95. The molecule has 4 saturated carbocycles. The summed E-state index contributed by atoms with van der Waals surface area (Å²) in [5, 5.41) is 3.15. The molecule has 0 spiro atoms. The highest BCUT2D eigenvalue weighted by Gasteiger charge is 2.55. The minimum Gasteiger partial charge on any atom is -0.312 e. The maximum absolute atomic E-state index is 12.1. The fourth-order valence-electron chi connectivity index (χ4n) is 5.54. The molecule has 104 valence electrons. The highest BCUT2D eigenvalue weighted by molar-refractivity contribution is 6.08. The molecule has 4 bridgehead atoms. The van der Waals surface area contributed by atoms with Crippen LogP contribution in [-0.4, -0.2) is 17.8 Å². The molecule has 19 heavy (non-hydrogen) atoms. The quantitative estimate of drug-likeness (QED) is 0.815. The maximum atomic E-state index is 12.1. The second-order valence-electron chi connectivity index (χ2n) is 7.85. The molecule has 1 atom stereocenters. The van der Waals surface area contributed by atoms with Gasteiger partial charge in [-0.05, 0) is 62.2 Å². The van der Waals surface area contributed by atoms with Crippen molar-refractivity contribution in [3.05, 3.63) is 0 Å². The lowest BCUT2D eigenvalue weighted by molar-refractivity contribution is -0.121. The van der Waals surface area contributed by atoms with Crippen molar-refractivity contribution in [3.8, 4) is 0 Å². The summed E-state index contributed by atoms with van der Waals surface area (Å²) in [5.41, 5.74) is 0.244. The van der Waals surface area contributed by atoms with Crippen molar-refractivity contribution in [3.63, 3.8) is 0 Å². The summed E-state index contributed by atoms with van der Waals surface area (Å²) < 4.78 is 0. The summed E-state index contributed by atoms with van der Waals surface area (Å²) in [6.45, 7) is 4.19. The summed E-state index contributed by atoms with van der Waals surface area (Å²) in [6.07, 6.45) is 8.16. The van der Waals surface area contributed by atoms with Gasteiger partial charge in [0, 0.05) is 5.41 Å². The molecule has 0 aromatic rings. The van der Waals surface area contributed by atoms with E-state index in [0.717, 1.165) is 23.6 Å². The third kappa shape index (κ3) is 1.70. The average molecular weight is 260 g/mol. The van der Waals surface area contributed by atoms with E-state index in [2.05, 4.69) is 19.2 Å². The Hall–Kier alpha value is -0.860. The average Bonchev–Trinajstić information content (AvgIpc) is 2.70. The molecule has 3 heteroatoms. The van der Waals surface area contributed by atoms with Crippen molar-refractivity contribution in [1.82, 2.24) is 5.32 Å². The van der Waals surface area contributed by atoms with Gasteiger partial charge in [-0.2, -0.15) is 0 Å². The van der Waals surface area contributed by atoms with E-state index < -0.39 is 0 Å². The molecular weight excluding hydrogens is 236 g/mol. The Morgan fingerprint density at radius 2 is 1.63 bits per heavy atom.